The molecule has 0 aromatic heterocycles. The largest absolute Gasteiger partial charge is 0.338 e. The molecule has 3 amide bonds. The normalized spacial score (nSPS) is 20.6. The van der Waals surface area contributed by atoms with Crippen molar-refractivity contribution in [2.45, 2.75) is 32.7 Å². The number of benzene rings is 1. The second-order valence-electron chi connectivity index (χ2n) is 6.94. The van der Waals surface area contributed by atoms with E-state index in [0.29, 0.717) is 5.06 Å². The van der Waals surface area contributed by atoms with Crippen LogP contribution in [0.2, 0.25) is 0 Å². The molecule has 3 rings (SSSR count). The zero-order valence-corrected chi connectivity index (χ0v) is 13.7. The highest BCUT2D eigenvalue weighted by Crippen LogP contribution is 2.28. The molecule has 1 unspecified atom stereocenters. The number of likely N-dealkylation sites (tertiary alicyclic amines) is 1. The van der Waals surface area contributed by atoms with Crippen molar-refractivity contribution in [2.24, 2.45) is 5.92 Å². The number of rotatable bonds is 2. The maximum absolute atomic E-state index is 12.3. The summed E-state index contributed by atoms with van der Waals surface area (Å²) in [6.07, 6.45) is 0.0132. The maximum Gasteiger partial charge on any atom is 0.338 e. The number of hydrogen-bond acceptors (Lipinski definition) is 5. The molecule has 24 heavy (non-hydrogen) atoms. The lowest BCUT2D eigenvalue weighted by atomic mass is 10.1. The van der Waals surface area contributed by atoms with Crippen LogP contribution in [0, 0.1) is 5.92 Å². The summed E-state index contributed by atoms with van der Waals surface area (Å²) in [5.74, 6) is -2.92. The van der Waals surface area contributed by atoms with Gasteiger partial charge in [0.05, 0.1) is 17.0 Å². The van der Waals surface area contributed by atoms with Crippen molar-refractivity contribution < 1.29 is 24.0 Å². The summed E-state index contributed by atoms with van der Waals surface area (Å²) in [6.45, 7) is 5.85. The summed E-state index contributed by atoms with van der Waals surface area (Å²) < 4.78 is 0. The molecule has 1 aromatic carbocycles. The lowest BCUT2D eigenvalue weighted by Crippen LogP contribution is -2.43. The maximum atomic E-state index is 12.3. The highest BCUT2D eigenvalue weighted by molar-refractivity contribution is 6.20. The van der Waals surface area contributed by atoms with Crippen LogP contribution in [0.25, 0.3) is 0 Å². The van der Waals surface area contributed by atoms with E-state index in [1.807, 2.05) is 20.8 Å². The van der Waals surface area contributed by atoms with Gasteiger partial charge in [-0.2, -0.15) is 0 Å². The van der Waals surface area contributed by atoms with Crippen LogP contribution in [0.15, 0.2) is 24.3 Å². The fourth-order valence-electron chi connectivity index (χ4n) is 2.93. The molecule has 0 N–H and O–H groups in total. The van der Waals surface area contributed by atoms with Gasteiger partial charge in [-0.3, -0.25) is 14.4 Å². The number of fused-ring (bicyclic) bond motifs is 1. The molecule has 0 aliphatic carbocycles. The summed E-state index contributed by atoms with van der Waals surface area (Å²) in [6, 6.07) is 6.27. The number of hydroxylamine groups is 2. The molecular weight excluding hydrogens is 312 g/mol. The Hall–Kier alpha value is -2.70. The van der Waals surface area contributed by atoms with Crippen LogP contribution in [-0.2, 0) is 14.4 Å². The van der Waals surface area contributed by atoms with Gasteiger partial charge in [0.15, 0.2) is 0 Å². The minimum atomic E-state index is -0.746. The topological polar surface area (TPSA) is 84.0 Å². The van der Waals surface area contributed by atoms with E-state index in [4.69, 9.17) is 4.84 Å². The monoisotopic (exact) mass is 330 g/mol. The van der Waals surface area contributed by atoms with Crippen molar-refractivity contribution in [3.8, 4) is 0 Å². The first kappa shape index (κ1) is 16.2. The highest BCUT2D eigenvalue weighted by atomic mass is 16.7. The molecule has 0 saturated carbocycles. The molecule has 1 fully saturated rings. The van der Waals surface area contributed by atoms with E-state index in [1.165, 1.54) is 12.1 Å². The van der Waals surface area contributed by atoms with Gasteiger partial charge >= 0.3 is 5.97 Å². The van der Waals surface area contributed by atoms with Gasteiger partial charge in [0.25, 0.3) is 11.8 Å². The predicted molar refractivity (Wildman–Crippen MR) is 82.6 cm³/mol. The Kier molecular flexibility index (Phi) is 3.66. The first-order valence-electron chi connectivity index (χ1n) is 7.70. The lowest BCUT2D eigenvalue weighted by molar-refractivity contribution is -0.173. The molecule has 2 aliphatic heterocycles. The van der Waals surface area contributed by atoms with E-state index >= 15 is 0 Å². The summed E-state index contributed by atoms with van der Waals surface area (Å²) in [5, 5.41) is 0.483. The van der Waals surface area contributed by atoms with Gasteiger partial charge in [0, 0.05) is 18.5 Å². The number of imide groups is 1. The summed E-state index contributed by atoms with van der Waals surface area (Å²) in [7, 11) is 0. The number of hydrogen-bond donors (Lipinski definition) is 0. The minimum absolute atomic E-state index is 0.0132. The minimum Gasteiger partial charge on any atom is -0.337 e. The number of amides is 3. The van der Waals surface area contributed by atoms with Gasteiger partial charge < -0.3 is 9.74 Å². The van der Waals surface area contributed by atoms with Gasteiger partial charge in [0.2, 0.25) is 5.91 Å². The number of nitrogens with zero attached hydrogens (tertiary/aromatic N) is 2. The molecule has 1 atom stereocenters. The molecule has 2 aliphatic rings. The van der Waals surface area contributed by atoms with Crippen molar-refractivity contribution in [1.29, 1.82) is 0 Å². The Morgan fingerprint density at radius 1 is 1.08 bits per heavy atom. The van der Waals surface area contributed by atoms with E-state index < -0.39 is 29.2 Å². The Morgan fingerprint density at radius 2 is 1.62 bits per heavy atom. The number of carbonyl (C=O) groups is 4. The summed E-state index contributed by atoms with van der Waals surface area (Å²) in [5.41, 5.74) is 0.00461. The van der Waals surface area contributed by atoms with E-state index in [9.17, 15) is 19.2 Å². The van der Waals surface area contributed by atoms with Crippen molar-refractivity contribution >= 4 is 23.7 Å². The Bertz CT molecular complexity index is 715. The van der Waals surface area contributed by atoms with Crippen LogP contribution in [-0.4, -0.2) is 45.7 Å². The first-order chi connectivity index (χ1) is 11.2. The average Bonchev–Trinajstić information content (AvgIpc) is 3.02. The second-order valence-corrected chi connectivity index (χ2v) is 6.94. The predicted octanol–water partition coefficient (Wildman–Crippen LogP) is 1.39. The number of carbonyl (C=O) groups excluding carboxylic acids is 4. The molecule has 7 heteroatoms. The molecular formula is C17H18N2O5. The van der Waals surface area contributed by atoms with Gasteiger partial charge in [0.1, 0.15) is 0 Å². The van der Waals surface area contributed by atoms with Crippen molar-refractivity contribution in [3.05, 3.63) is 35.4 Å². The Labute approximate surface area is 139 Å². The molecule has 2 heterocycles. The van der Waals surface area contributed by atoms with E-state index in [-0.39, 0.29) is 30.0 Å². The molecule has 1 saturated heterocycles. The standard InChI is InChI=1S/C17H18N2O5/c1-17(2,3)18-9-10(8-13(18)20)16(23)24-19-14(21)11-6-4-5-7-12(11)15(19)22/h4-7,10H,8-9H2,1-3H3. The van der Waals surface area contributed by atoms with Crippen molar-refractivity contribution in [3.63, 3.8) is 0 Å². The highest BCUT2D eigenvalue weighted by Gasteiger charge is 2.44. The zero-order chi connectivity index (χ0) is 17.6. The van der Waals surface area contributed by atoms with E-state index in [2.05, 4.69) is 0 Å². The van der Waals surface area contributed by atoms with Gasteiger partial charge in [-0.05, 0) is 32.9 Å². The van der Waals surface area contributed by atoms with Gasteiger partial charge in [-0.15, -0.1) is 0 Å². The molecule has 0 bridgehead atoms. The fraction of sp³-hybridized carbons (Fsp3) is 0.412. The third-order valence-electron chi connectivity index (χ3n) is 4.21. The zero-order valence-electron chi connectivity index (χ0n) is 13.7. The van der Waals surface area contributed by atoms with E-state index in [1.54, 1.807) is 17.0 Å². The van der Waals surface area contributed by atoms with Crippen molar-refractivity contribution in [1.82, 2.24) is 9.96 Å². The Balaban J connectivity index is 1.72. The summed E-state index contributed by atoms with van der Waals surface area (Å²) >= 11 is 0. The molecule has 0 radical (unpaired) electrons. The van der Waals surface area contributed by atoms with Gasteiger partial charge in [-0.1, -0.05) is 17.2 Å². The summed E-state index contributed by atoms with van der Waals surface area (Å²) in [4.78, 5) is 55.4. The van der Waals surface area contributed by atoms with E-state index in [0.717, 1.165) is 0 Å². The van der Waals surface area contributed by atoms with Gasteiger partial charge in [-0.25, -0.2) is 4.79 Å². The molecule has 1 aromatic rings. The third kappa shape index (κ3) is 2.55. The van der Waals surface area contributed by atoms with Crippen LogP contribution in [0.4, 0.5) is 0 Å². The quantitative estimate of drug-likeness (QED) is 0.765. The first-order valence-corrected chi connectivity index (χ1v) is 7.70. The fourth-order valence-corrected chi connectivity index (χ4v) is 2.93. The van der Waals surface area contributed by atoms with Crippen LogP contribution in [0.3, 0.4) is 0 Å². The Morgan fingerprint density at radius 3 is 2.08 bits per heavy atom. The lowest BCUT2D eigenvalue weighted by Gasteiger charge is -2.31. The smallest absolute Gasteiger partial charge is 0.337 e. The van der Waals surface area contributed by atoms with Crippen LogP contribution >= 0.6 is 0 Å². The second kappa shape index (κ2) is 5.43. The van der Waals surface area contributed by atoms with Crippen LogP contribution in [0.5, 0.6) is 0 Å². The van der Waals surface area contributed by atoms with Crippen LogP contribution in [0.1, 0.15) is 47.9 Å². The molecule has 126 valence electrons. The van der Waals surface area contributed by atoms with Crippen molar-refractivity contribution in [2.75, 3.05) is 6.54 Å². The molecule has 0 spiro atoms. The molecule has 7 nitrogen and oxygen atoms in total. The average molecular weight is 330 g/mol. The van der Waals surface area contributed by atoms with Crippen LogP contribution < -0.4 is 0 Å². The third-order valence-corrected chi connectivity index (χ3v) is 4.21. The SMILES string of the molecule is CC(C)(C)N1CC(C(=O)ON2C(=O)c3ccccc3C2=O)CC1=O.